The number of pyridine rings is 1. The topological polar surface area (TPSA) is 119 Å². The number of carbonyl (C=O) groups excluding carboxylic acids is 3. The Bertz CT molecular complexity index is 999. The van der Waals surface area contributed by atoms with Crippen LogP contribution in [0, 0.1) is 24.2 Å². The van der Waals surface area contributed by atoms with Crippen LogP contribution in [0.5, 0.6) is 0 Å². The van der Waals surface area contributed by atoms with Gasteiger partial charge in [-0.25, -0.2) is 4.79 Å². The largest absolute Gasteiger partial charge is 0.444 e. The Labute approximate surface area is 193 Å². The van der Waals surface area contributed by atoms with E-state index >= 15 is 0 Å². The number of nitrogens with one attached hydrogen (secondary N) is 3. The van der Waals surface area contributed by atoms with Gasteiger partial charge in [0.25, 0.3) is 5.56 Å². The average molecular weight is 457 g/mol. The van der Waals surface area contributed by atoms with Crippen LogP contribution in [0.3, 0.4) is 0 Å². The lowest BCUT2D eigenvalue weighted by Gasteiger charge is -2.23. The molecule has 0 unspecified atom stereocenters. The Kier molecular flexibility index (Phi) is 7.46. The number of nitrogens with zero attached hydrogens (tertiary/aromatic N) is 1. The summed E-state index contributed by atoms with van der Waals surface area (Å²) in [6.07, 6.45) is 9.92. The molecule has 33 heavy (non-hydrogen) atoms. The Morgan fingerprint density at radius 1 is 1.27 bits per heavy atom. The third-order valence-electron chi connectivity index (χ3n) is 5.70. The molecule has 1 aromatic rings. The number of hydrogen-bond donors (Lipinski definition) is 3. The van der Waals surface area contributed by atoms with Crippen molar-refractivity contribution in [2.45, 2.75) is 70.6 Å². The molecule has 1 aromatic heterocycles. The van der Waals surface area contributed by atoms with Crippen molar-refractivity contribution in [3.63, 3.8) is 0 Å². The highest BCUT2D eigenvalue weighted by molar-refractivity contribution is 5.85. The Morgan fingerprint density at radius 2 is 2.00 bits per heavy atom. The van der Waals surface area contributed by atoms with E-state index in [1.54, 1.807) is 26.8 Å². The van der Waals surface area contributed by atoms with Gasteiger partial charge in [0.2, 0.25) is 11.8 Å². The Hall–Kier alpha value is -3.28. The lowest BCUT2D eigenvalue weighted by atomic mass is 9.98. The van der Waals surface area contributed by atoms with Crippen LogP contribution in [-0.4, -0.2) is 40.7 Å². The first kappa shape index (κ1) is 24.4. The maximum absolute atomic E-state index is 13.2. The van der Waals surface area contributed by atoms with Gasteiger partial charge in [0, 0.05) is 18.7 Å². The maximum Gasteiger partial charge on any atom is 0.412 e. The summed E-state index contributed by atoms with van der Waals surface area (Å²) < 4.78 is 6.56. The van der Waals surface area contributed by atoms with Crippen LogP contribution in [0.1, 0.15) is 58.9 Å². The lowest BCUT2D eigenvalue weighted by Crippen LogP contribution is -2.43. The summed E-state index contributed by atoms with van der Waals surface area (Å²) >= 11 is 0. The molecule has 1 aliphatic heterocycles. The zero-order chi connectivity index (χ0) is 24.2. The van der Waals surface area contributed by atoms with Crippen LogP contribution >= 0.6 is 0 Å². The number of anilines is 1. The molecule has 3 N–H and O–H groups in total. The third kappa shape index (κ3) is 6.85. The summed E-state index contributed by atoms with van der Waals surface area (Å²) in [5.41, 5.74) is -1.19. The summed E-state index contributed by atoms with van der Waals surface area (Å²) in [5, 5.41) is 8.08. The van der Waals surface area contributed by atoms with Gasteiger partial charge in [-0.1, -0.05) is 18.8 Å². The minimum absolute atomic E-state index is 0.0245. The molecule has 1 saturated carbocycles. The second-order valence-electron chi connectivity index (χ2n) is 9.70. The minimum Gasteiger partial charge on any atom is -0.444 e. The monoisotopic (exact) mass is 456 g/mol. The molecule has 2 aliphatic rings. The molecule has 0 radical (unpaired) electrons. The van der Waals surface area contributed by atoms with E-state index in [4.69, 9.17) is 11.2 Å². The quantitative estimate of drug-likeness (QED) is 0.518. The van der Waals surface area contributed by atoms with E-state index in [0.717, 1.165) is 12.8 Å². The maximum atomic E-state index is 13.2. The number of aromatic nitrogens is 1. The molecule has 178 valence electrons. The lowest BCUT2D eigenvalue weighted by molar-refractivity contribution is -0.126. The summed E-state index contributed by atoms with van der Waals surface area (Å²) in [6.45, 7) is 5.78. The predicted molar refractivity (Wildman–Crippen MR) is 123 cm³/mol. The average Bonchev–Trinajstić information content (AvgIpc) is 3.46. The van der Waals surface area contributed by atoms with Crippen LogP contribution in [0.4, 0.5) is 10.5 Å². The second-order valence-corrected chi connectivity index (χ2v) is 9.70. The highest BCUT2D eigenvalue weighted by Crippen LogP contribution is 2.36. The van der Waals surface area contributed by atoms with Crippen LogP contribution in [-0.2, 0) is 14.3 Å². The molecule has 2 fully saturated rings. The molecule has 3 rings (SSSR count). The molecule has 0 bridgehead atoms. The summed E-state index contributed by atoms with van der Waals surface area (Å²) in [6, 6.07) is 1.67. The third-order valence-corrected chi connectivity index (χ3v) is 5.70. The van der Waals surface area contributed by atoms with Crippen molar-refractivity contribution >= 4 is 23.6 Å². The zero-order valence-corrected chi connectivity index (χ0v) is 19.3. The normalized spacial score (nSPS) is 19.7. The number of terminal acetylenes is 1. The number of ether oxygens (including phenoxy) is 1. The summed E-state index contributed by atoms with van der Waals surface area (Å²) in [5.74, 6) is 2.23. The molecule has 9 heteroatoms. The van der Waals surface area contributed by atoms with Crippen molar-refractivity contribution in [3.8, 4) is 12.3 Å². The molecular formula is C24H32N4O5. The van der Waals surface area contributed by atoms with Gasteiger partial charge in [-0.15, -0.1) is 6.42 Å². The van der Waals surface area contributed by atoms with Crippen molar-refractivity contribution in [2.24, 2.45) is 11.8 Å². The van der Waals surface area contributed by atoms with Gasteiger partial charge in [-0.05, 0) is 58.1 Å². The SMILES string of the molecule is C#C[C@H](C[C@@H]1CCNC1=O)NC(=O)[C@H](CC1CC1)n1cccc(NC(=O)OC(C)(C)C)c1=O. The Balaban J connectivity index is 1.77. The van der Waals surface area contributed by atoms with Crippen molar-refractivity contribution < 1.29 is 19.1 Å². The number of hydrogen-bond acceptors (Lipinski definition) is 5. The van der Waals surface area contributed by atoms with Crippen molar-refractivity contribution in [2.75, 3.05) is 11.9 Å². The van der Waals surface area contributed by atoms with E-state index in [-0.39, 0.29) is 23.4 Å². The van der Waals surface area contributed by atoms with Crippen molar-refractivity contribution in [3.05, 3.63) is 28.7 Å². The Morgan fingerprint density at radius 3 is 2.58 bits per heavy atom. The van der Waals surface area contributed by atoms with Gasteiger partial charge in [0.15, 0.2) is 0 Å². The number of amides is 3. The molecule has 3 amide bonds. The summed E-state index contributed by atoms with van der Waals surface area (Å²) in [4.78, 5) is 50.4. The first-order chi connectivity index (χ1) is 15.6. The number of carbonyl (C=O) groups is 3. The van der Waals surface area contributed by atoms with E-state index in [1.807, 2.05) is 0 Å². The molecule has 9 nitrogen and oxygen atoms in total. The molecule has 1 aliphatic carbocycles. The van der Waals surface area contributed by atoms with Crippen LogP contribution in [0.25, 0.3) is 0 Å². The standard InChI is InChI=1S/C24H32N4O5/c1-5-17(14-16-10-11-25-20(16)29)26-21(30)19(13-15-8-9-15)28-12-6-7-18(22(28)31)27-23(32)33-24(2,3)4/h1,6-7,12,15-17,19H,8-11,13-14H2,2-4H3,(H,25,29)(H,26,30)(H,27,32)/t16-,17+,19-/m0/s1. The van der Waals surface area contributed by atoms with Crippen LogP contribution in [0.2, 0.25) is 0 Å². The second kappa shape index (κ2) is 10.1. The van der Waals surface area contributed by atoms with Crippen LogP contribution < -0.4 is 21.5 Å². The molecule has 2 heterocycles. The molecule has 1 saturated heterocycles. The van der Waals surface area contributed by atoms with Crippen molar-refractivity contribution in [1.29, 1.82) is 0 Å². The number of rotatable bonds is 8. The van der Waals surface area contributed by atoms with E-state index in [1.165, 1.54) is 16.8 Å². The smallest absolute Gasteiger partial charge is 0.412 e. The first-order valence-electron chi connectivity index (χ1n) is 11.3. The predicted octanol–water partition coefficient (Wildman–Crippen LogP) is 2.18. The van der Waals surface area contributed by atoms with Gasteiger partial charge in [0.05, 0.1) is 6.04 Å². The van der Waals surface area contributed by atoms with E-state index in [0.29, 0.717) is 31.7 Å². The fraction of sp³-hybridized carbons (Fsp3) is 0.583. The minimum atomic E-state index is -0.779. The molecule has 3 atom stereocenters. The van der Waals surface area contributed by atoms with E-state index in [9.17, 15) is 19.2 Å². The molecular weight excluding hydrogens is 424 g/mol. The van der Waals surface area contributed by atoms with Crippen LogP contribution in [0.15, 0.2) is 23.1 Å². The highest BCUT2D eigenvalue weighted by atomic mass is 16.6. The van der Waals surface area contributed by atoms with Gasteiger partial charge >= 0.3 is 6.09 Å². The first-order valence-corrected chi connectivity index (χ1v) is 11.3. The highest BCUT2D eigenvalue weighted by Gasteiger charge is 2.33. The fourth-order valence-electron chi connectivity index (χ4n) is 3.87. The van der Waals surface area contributed by atoms with Crippen molar-refractivity contribution in [1.82, 2.24) is 15.2 Å². The van der Waals surface area contributed by atoms with Gasteiger partial charge < -0.3 is 19.9 Å². The molecule has 0 spiro atoms. The zero-order valence-electron chi connectivity index (χ0n) is 19.3. The van der Waals surface area contributed by atoms with E-state index in [2.05, 4.69) is 21.9 Å². The molecule has 0 aromatic carbocycles. The fourth-order valence-corrected chi connectivity index (χ4v) is 3.87. The van der Waals surface area contributed by atoms with Gasteiger partial charge in [-0.2, -0.15) is 0 Å². The van der Waals surface area contributed by atoms with Gasteiger partial charge in [-0.3, -0.25) is 19.7 Å². The summed E-state index contributed by atoms with van der Waals surface area (Å²) in [7, 11) is 0. The van der Waals surface area contributed by atoms with Gasteiger partial charge in [0.1, 0.15) is 17.3 Å². The van der Waals surface area contributed by atoms with E-state index < -0.39 is 29.3 Å².